The number of hydrogen-bond acceptors (Lipinski definition) is 4. The van der Waals surface area contributed by atoms with Gasteiger partial charge < -0.3 is 16.6 Å². The third kappa shape index (κ3) is 6.72. The molecule has 0 saturated heterocycles. The molecular weight excluding hydrogens is 310 g/mol. The Labute approximate surface area is 134 Å². The Morgan fingerprint density at radius 1 is 1.45 bits per heavy atom. The highest BCUT2D eigenvalue weighted by atomic mass is 32.2. The van der Waals surface area contributed by atoms with Gasteiger partial charge in [0.15, 0.2) is 0 Å². The summed E-state index contributed by atoms with van der Waals surface area (Å²) in [5.41, 5.74) is 9.50. The van der Waals surface area contributed by atoms with E-state index in [0.717, 1.165) is 17.8 Å². The number of nitrogens with two attached hydrogens (primary N) is 2. The van der Waals surface area contributed by atoms with Crippen LogP contribution >= 0.6 is 11.8 Å². The molecule has 0 rings (SSSR count). The second-order valence-electron chi connectivity index (χ2n) is 5.38. The fourth-order valence-electron chi connectivity index (χ4n) is 1.34. The molecule has 0 aliphatic carbocycles. The second kappa shape index (κ2) is 9.07. The van der Waals surface area contributed by atoms with E-state index in [-0.39, 0.29) is 16.4 Å². The molecule has 126 valence electrons. The van der Waals surface area contributed by atoms with E-state index in [9.17, 15) is 18.7 Å². The number of halogens is 2. The van der Waals surface area contributed by atoms with Crippen LogP contribution in [-0.2, 0) is 4.79 Å². The molecule has 1 amide bonds. The molecule has 0 aromatic carbocycles. The number of allylic oxidation sites excluding steroid dienone is 3. The molecule has 4 nitrogen and oxygen atoms in total. The van der Waals surface area contributed by atoms with Crippen LogP contribution in [0.5, 0.6) is 0 Å². The number of hydrogen-bond donors (Lipinski definition) is 3. The molecule has 0 aromatic rings. The maximum absolute atomic E-state index is 14.3. The minimum atomic E-state index is -1.22. The van der Waals surface area contributed by atoms with Crippen molar-refractivity contribution in [1.82, 2.24) is 0 Å². The van der Waals surface area contributed by atoms with Crippen molar-refractivity contribution >= 4 is 17.7 Å². The van der Waals surface area contributed by atoms with Gasteiger partial charge in [0.05, 0.1) is 11.5 Å². The highest BCUT2D eigenvalue weighted by Crippen LogP contribution is 2.30. The van der Waals surface area contributed by atoms with E-state index in [0.29, 0.717) is 5.57 Å². The van der Waals surface area contributed by atoms with E-state index in [1.807, 2.05) is 0 Å². The Balaban J connectivity index is 5.84. The number of amides is 1. The van der Waals surface area contributed by atoms with Crippen molar-refractivity contribution in [3.05, 3.63) is 34.0 Å². The summed E-state index contributed by atoms with van der Waals surface area (Å²) in [7, 11) is 0. The lowest BCUT2D eigenvalue weighted by molar-refractivity contribution is -0.120. The van der Waals surface area contributed by atoms with E-state index in [1.54, 1.807) is 6.92 Å². The van der Waals surface area contributed by atoms with E-state index < -0.39 is 29.9 Å². The average Bonchev–Trinajstić information content (AvgIpc) is 2.38. The van der Waals surface area contributed by atoms with Gasteiger partial charge in [-0.25, -0.2) is 8.78 Å². The van der Waals surface area contributed by atoms with Crippen LogP contribution < -0.4 is 11.5 Å². The van der Waals surface area contributed by atoms with Crippen LogP contribution in [0, 0.1) is 5.92 Å². The monoisotopic (exact) mass is 334 g/mol. The van der Waals surface area contributed by atoms with Crippen molar-refractivity contribution < 1.29 is 18.7 Å². The summed E-state index contributed by atoms with van der Waals surface area (Å²) >= 11 is 1.02. The first-order chi connectivity index (χ1) is 10.0. The third-order valence-electron chi connectivity index (χ3n) is 3.12. The quantitative estimate of drug-likeness (QED) is 0.470. The van der Waals surface area contributed by atoms with Crippen molar-refractivity contribution in [2.24, 2.45) is 17.4 Å². The van der Waals surface area contributed by atoms with Gasteiger partial charge in [0, 0.05) is 16.4 Å². The molecule has 7 heteroatoms. The van der Waals surface area contributed by atoms with Crippen LogP contribution in [0.2, 0.25) is 0 Å². The summed E-state index contributed by atoms with van der Waals surface area (Å²) in [4.78, 5) is 11.3. The Morgan fingerprint density at radius 3 is 2.36 bits per heavy atom. The highest BCUT2D eigenvalue weighted by Gasteiger charge is 2.18. The number of carbonyl (C=O) groups is 1. The van der Waals surface area contributed by atoms with Gasteiger partial charge in [-0.15, -0.1) is 11.8 Å². The van der Waals surface area contributed by atoms with Gasteiger partial charge in [-0.1, -0.05) is 13.0 Å². The predicted octanol–water partition coefficient (Wildman–Crippen LogP) is 2.55. The zero-order chi connectivity index (χ0) is 17.5. The molecule has 0 aliphatic heterocycles. The fourth-order valence-corrected chi connectivity index (χ4v) is 2.14. The van der Waals surface area contributed by atoms with Crippen LogP contribution in [0.25, 0.3) is 0 Å². The lowest BCUT2D eigenvalue weighted by Crippen LogP contribution is -2.20. The number of rotatable bonds is 8. The zero-order valence-corrected chi connectivity index (χ0v) is 14.1. The number of alkyl halides is 1. The summed E-state index contributed by atoms with van der Waals surface area (Å²) in [5, 5.41) is 9.80. The lowest BCUT2D eigenvalue weighted by Gasteiger charge is -2.18. The van der Waals surface area contributed by atoms with Crippen molar-refractivity contribution in [3.8, 4) is 0 Å². The number of carbonyl (C=O) groups excluding carboxylic acids is 1. The molecule has 0 saturated carbocycles. The van der Waals surface area contributed by atoms with Crippen molar-refractivity contribution in [3.63, 3.8) is 0 Å². The molecule has 0 bridgehead atoms. The number of thioether (sulfide) groups is 1. The van der Waals surface area contributed by atoms with Gasteiger partial charge in [0.2, 0.25) is 5.91 Å². The Morgan fingerprint density at radius 2 is 2.00 bits per heavy atom. The van der Waals surface area contributed by atoms with Gasteiger partial charge in [0.1, 0.15) is 12.5 Å². The number of primary amides is 1. The van der Waals surface area contributed by atoms with Crippen LogP contribution in [0.1, 0.15) is 27.7 Å². The summed E-state index contributed by atoms with van der Waals surface area (Å²) in [6.07, 6.45) is 2.47. The minimum Gasteiger partial charge on any atom is -0.386 e. The first kappa shape index (κ1) is 20.8. The molecule has 1 atom stereocenters. The van der Waals surface area contributed by atoms with Crippen molar-refractivity contribution in [2.75, 3.05) is 12.6 Å². The fraction of sp³-hybridized carbons (Fsp3) is 0.533. The maximum Gasteiger partial charge on any atom is 0.224 e. The third-order valence-corrected chi connectivity index (χ3v) is 3.98. The Bertz CT molecular complexity index is 494. The molecule has 1 unspecified atom stereocenters. The van der Waals surface area contributed by atoms with Gasteiger partial charge in [-0.3, -0.25) is 4.79 Å². The van der Waals surface area contributed by atoms with E-state index >= 15 is 0 Å². The van der Waals surface area contributed by atoms with E-state index in [2.05, 4.69) is 0 Å². The average molecular weight is 334 g/mol. The first-order valence-electron chi connectivity index (χ1n) is 6.74. The molecular formula is C15H24F2N2O2S. The van der Waals surface area contributed by atoms with Crippen LogP contribution in [-0.4, -0.2) is 29.2 Å². The van der Waals surface area contributed by atoms with Gasteiger partial charge in [-0.05, 0) is 32.4 Å². The van der Waals surface area contributed by atoms with Crippen molar-refractivity contribution in [2.45, 2.75) is 33.3 Å². The molecule has 0 aliphatic rings. The van der Waals surface area contributed by atoms with Crippen LogP contribution in [0.4, 0.5) is 8.78 Å². The summed E-state index contributed by atoms with van der Waals surface area (Å²) in [5.74, 6) is -1.99. The normalized spacial score (nSPS) is 16.4. The smallest absolute Gasteiger partial charge is 0.224 e. The molecule has 22 heavy (non-hydrogen) atoms. The molecule has 0 aromatic heterocycles. The van der Waals surface area contributed by atoms with Crippen LogP contribution in [0.15, 0.2) is 34.0 Å². The molecule has 0 radical (unpaired) electrons. The summed E-state index contributed by atoms with van der Waals surface area (Å²) in [6, 6.07) is 0. The van der Waals surface area contributed by atoms with Gasteiger partial charge in [0.25, 0.3) is 0 Å². The minimum absolute atomic E-state index is 0.0995. The second-order valence-corrected chi connectivity index (χ2v) is 6.44. The van der Waals surface area contributed by atoms with E-state index in [1.165, 1.54) is 26.8 Å². The van der Waals surface area contributed by atoms with Gasteiger partial charge >= 0.3 is 0 Å². The molecule has 0 heterocycles. The zero-order valence-electron chi connectivity index (χ0n) is 13.3. The molecule has 0 fully saturated rings. The molecule has 0 spiro atoms. The lowest BCUT2D eigenvalue weighted by atomic mass is 9.98. The molecule has 5 N–H and O–H groups in total. The van der Waals surface area contributed by atoms with Crippen molar-refractivity contribution in [1.29, 1.82) is 0 Å². The standard InChI is InChI=1S/C15H24F2N2O2S/c1-9(14(19)20)5-13(22-8-18)11(7-16)12(17)6-10(2)15(3,4)21/h5-6,9,21H,7-8,18H2,1-4H3,(H2,19,20)/b10-6+,12-11-,13-5-. The topological polar surface area (TPSA) is 89.3 Å². The van der Waals surface area contributed by atoms with Gasteiger partial charge in [-0.2, -0.15) is 0 Å². The summed E-state index contributed by atoms with van der Waals surface area (Å²) < 4.78 is 27.6. The summed E-state index contributed by atoms with van der Waals surface area (Å²) in [6.45, 7) is 5.02. The SMILES string of the molecule is C\C(=C/C(F)=C(CF)/C(=C/C(C)C(N)=O)SCN)C(C)(C)O. The Kier molecular flexibility index (Phi) is 8.58. The largest absolute Gasteiger partial charge is 0.386 e. The van der Waals surface area contributed by atoms with Crippen LogP contribution in [0.3, 0.4) is 0 Å². The Hall–Kier alpha value is -1.18. The number of aliphatic hydroxyl groups is 1. The highest BCUT2D eigenvalue weighted by molar-refractivity contribution is 8.03. The predicted molar refractivity (Wildman–Crippen MR) is 87.3 cm³/mol. The maximum atomic E-state index is 14.3. The first-order valence-corrected chi connectivity index (χ1v) is 7.73. The van der Waals surface area contributed by atoms with E-state index in [4.69, 9.17) is 11.5 Å².